The summed E-state index contributed by atoms with van der Waals surface area (Å²) in [5.74, 6) is 0.953. The maximum absolute atomic E-state index is 12.8. The van der Waals surface area contributed by atoms with Crippen LogP contribution < -0.4 is 14.8 Å². The van der Waals surface area contributed by atoms with Gasteiger partial charge in [0.15, 0.2) is 0 Å². The largest absolute Gasteiger partial charge is 0.465 e. The van der Waals surface area contributed by atoms with Crippen LogP contribution in [0.2, 0.25) is 0 Å². The molecule has 4 aromatic rings. The van der Waals surface area contributed by atoms with Crippen LogP contribution in [-0.2, 0) is 15.8 Å². The predicted molar refractivity (Wildman–Crippen MR) is 155 cm³/mol. The summed E-state index contributed by atoms with van der Waals surface area (Å²) in [6.45, 7) is 2.73. The molecule has 1 aliphatic rings. The quantitative estimate of drug-likeness (QED) is 0.247. The number of hydrogen-bond donors (Lipinski definition) is 3. The zero-order valence-electron chi connectivity index (χ0n) is 22.4. The highest BCUT2D eigenvalue weighted by Crippen LogP contribution is 2.33. The molecule has 1 fully saturated rings. The number of ether oxygens (including phenoxy) is 1. The van der Waals surface area contributed by atoms with E-state index in [1.807, 2.05) is 19.1 Å². The normalized spacial score (nSPS) is 15.2. The number of nitrogens with one attached hydrogen (secondary N) is 2. The average Bonchev–Trinajstić information content (AvgIpc) is 2.95. The van der Waals surface area contributed by atoms with E-state index in [0.717, 1.165) is 18.4 Å². The van der Waals surface area contributed by atoms with Crippen LogP contribution in [0, 0.1) is 6.92 Å². The number of likely N-dealkylation sites (tertiary alicyclic amines) is 1. The van der Waals surface area contributed by atoms with Crippen LogP contribution in [0.15, 0.2) is 79.1 Å². The number of aromatic nitrogens is 3. The molecule has 0 bridgehead atoms. The monoisotopic (exact) mass is 574 g/mol. The lowest BCUT2D eigenvalue weighted by molar-refractivity contribution is 0.132. The molecular weight excluding hydrogens is 544 g/mol. The second-order valence-corrected chi connectivity index (χ2v) is 11.5. The summed E-state index contributed by atoms with van der Waals surface area (Å²) >= 11 is 0. The number of hydrogen-bond acceptors (Lipinski definition) is 8. The molecule has 5 rings (SSSR count). The van der Waals surface area contributed by atoms with E-state index in [0.29, 0.717) is 53.2 Å². The SMILES string of the molecule is Cc1ccc(NS(=O)(=O)Cc2ccccc2)cc1Oc1ncccc1-c1ccnc(NC2CCCN(C(=O)O)C2)n1. The van der Waals surface area contributed by atoms with Crippen molar-refractivity contribution in [2.24, 2.45) is 0 Å². The molecule has 3 N–H and O–H groups in total. The summed E-state index contributed by atoms with van der Waals surface area (Å²) in [5, 5.41) is 12.6. The Kier molecular flexibility index (Phi) is 8.29. The molecule has 2 aromatic heterocycles. The summed E-state index contributed by atoms with van der Waals surface area (Å²) in [6, 6.07) is 19.3. The standard InChI is InChI=1S/C29H30N6O5S/c1-20-11-12-22(34-41(38,39)19-21-7-3-2-4-8-21)17-26(20)40-27-24(10-5-14-30-27)25-13-15-31-28(33-25)32-23-9-6-16-35(18-23)29(36)37/h2-5,7-8,10-15,17,23,34H,6,9,16,18-19H2,1H3,(H,36,37)(H,31,32,33). The maximum Gasteiger partial charge on any atom is 0.407 e. The Labute approximate surface area is 238 Å². The summed E-state index contributed by atoms with van der Waals surface area (Å²) in [7, 11) is -3.65. The van der Waals surface area contributed by atoms with Crippen molar-refractivity contribution in [1.82, 2.24) is 19.9 Å². The highest BCUT2D eigenvalue weighted by atomic mass is 32.2. The molecule has 2 aromatic carbocycles. The minimum absolute atomic E-state index is 0.101. The number of carboxylic acid groups (broad SMARTS) is 1. The third-order valence-electron chi connectivity index (χ3n) is 6.60. The zero-order chi connectivity index (χ0) is 28.8. The summed E-state index contributed by atoms with van der Waals surface area (Å²) in [6.07, 6.45) is 3.84. The second-order valence-electron chi connectivity index (χ2n) is 9.76. The molecule has 1 saturated heterocycles. The fourth-order valence-corrected chi connectivity index (χ4v) is 5.77. The minimum atomic E-state index is -3.65. The number of anilines is 2. The van der Waals surface area contributed by atoms with Crippen LogP contribution in [0.5, 0.6) is 11.6 Å². The van der Waals surface area contributed by atoms with Gasteiger partial charge in [-0.25, -0.2) is 28.2 Å². The van der Waals surface area contributed by atoms with Crippen molar-refractivity contribution >= 4 is 27.8 Å². The minimum Gasteiger partial charge on any atom is -0.465 e. The molecular formula is C29H30N6O5S. The van der Waals surface area contributed by atoms with Crippen molar-refractivity contribution in [3.63, 3.8) is 0 Å². The molecule has 0 aliphatic carbocycles. The van der Waals surface area contributed by atoms with E-state index < -0.39 is 16.1 Å². The van der Waals surface area contributed by atoms with E-state index in [-0.39, 0.29) is 11.8 Å². The molecule has 1 amide bonds. The smallest absolute Gasteiger partial charge is 0.407 e. The maximum atomic E-state index is 12.8. The fraction of sp³-hybridized carbons (Fsp3) is 0.241. The molecule has 212 valence electrons. The lowest BCUT2D eigenvalue weighted by Gasteiger charge is -2.31. The number of sulfonamides is 1. The van der Waals surface area contributed by atoms with Gasteiger partial charge in [0.25, 0.3) is 0 Å². The highest BCUT2D eigenvalue weighted by Gasteiger charge is 2.24. The van der Waals surface area contributed by atoms with Crippen LogP contribution in [0.25, 0.3) is 11.3 Å². The molecule has 1 unspecified atom stereocenters. The van der Waals surface area contributed by atoms with Gasteiger partial charge in [-0.1, -0.05) is 36.4 Å². The number of benzene rings is 2. The summed E-state index contributed by atoms with van der Waals surface area (Å²) in [4.78, 5) is 26.1. The first-order valence-electron chi connectivity index (χ1n) is 13.1. The van der Waals surface area contributed by atoms with Gasteiger partial charge in [-0.2, -0.15) is 0 Å². The first-order chi connectivity index (χ1) is 19.8. The van der Waals surface area contributed by atoms with Crippen molar-refractivity contribution in [3.8, 4) is 22.9 Å². The number of aryl methyl sites for hydroxylation is 1. The van der Waals surface area contributed by atoms with E-state index in [1.54, 1.807) is 67.0 Å². The van der Waals surface area contributed by atoms with Crippen LogP contribution in [0.1, 0.15) is 24.0 Å². The van der Waals surface area contributed by atoms with Crippen molar-refractivity contribution in [1.29, 1.82) is 0 Å². The third-order valence-corrected chi connectivity index (χ3v) is 7.86. The van der Waals surface area contributed by atoms with Gasteiger partial charge in [0, 0.05) is 37.6 Å². The number of pyridine rings is 1. The van der Waals surface area contributed by atoms with Gasteiger partial charge in [0.1, 0.15) is 5.75 Å². The van der Waals surface area contributed by atoms with Gasteiger partial charge >= 0.3 is 6.09 Å². The summed E-state index contributed by atoms with van der Waals surface area (Å²) in [5.41, 5.74) is 3.02. The summed E-state index contributed by atoms with van der Waals surface area (Å²) < 4.78 is 34.4. The van der Waals surface area contributed by atoms with E-state index in [1.165, 1.54) is 4.90 Å². The van der Waals surface area contributed by atoms with E-state index in [2.05, 4.69) is 25.0 Å². The van der Waals surface area contributed by atoms with Crippen LogP contribution >= 0.6 is 0 Å². The van der Waals surface area contributed by atoms with Gasteiger partial charge in [-0.05, 0) is 55.2 Å². The first kappa shape index (κ1) is 27.8. The Morgan fingerprint density at radius 1 is 1.07 bits per heavy atom. The zero-order valence-corrected chi connectivity index (χ0v) is 23.2. The fourth-order valence-electron chi connectivity index (χ4n) is 4.58. The van der Waals surface area contributed by atoms with Gasteiger partial charge in [-0.3, -0.25) is 4.72 Å². The number of piperidine rings is 1. The molecule has 3 heterocycles. The van der Waals surface area contributed by atoms with Gasteiger partial charge in [0.2, 0.25) is 21.9 Å². The predicted octanol–water partition coefficient (Wildman–Crippen LogP) is 5.14. The number of rotatable bonds is 9. The Morgan fingerprint density at radius 3 is 2.71 bits per heavy atom. The topological polar surface area (TPSA) is 147 Å². The molecule has 1 atom stereocenters. The molecule has 1 aliphatic heterocycles. The van der Waals surface area contributed by atoms with Crippen molar-refractivity contribution in [2.45, 2.75) is 31.6 Å². The molecule has 0 spiro atoms. The Morgan fingerprint density at radius 2 is 1.90 bits per heavy atom. The Bertz CT molecular complexity index is 1630. The van der Waals surface area contributed by atoms with Gasteiger partial charge in [0.05, 0.1) is 22.7 Å². The van der Waals surface area contributed by atoms with Gasteiger partial charge in [-0.15, -0.1) is 0 Å². The number of nitrogens with zero attached hydrogens (tertiary/aromatic N) is 4. The average molecular weight is 575 g/mol. The second kappa shape index (κ2) is 12.2. The van der Waals surface area contributed by atoms with Crippen LogP contribution in [-0.4, -0.2) is 58.6 Å². The molecule has 11 nitrogen and oxygen atoms in total. The van der Waals surface area contributed by atoms with Crippen molar-refractivity contribution in [3.05, 3.63) is 90.3 Å². The Balaban J connectivity index is 1.34. The molecule has 12 heteroatoms. The lowest BCUT2D eigenvalue weighted by atomic mass is 10.1. The molecule has 41 heavy (non-hydrogen) atoms. The number of carbonyl (C=O) groups is 1. The van der Waals surface area contributed by atoms with Crippen molar-refractivity contribution < 1.29 is 23.1 Å². The van der Waals surface area contributed by atoms with E-state index in [9.17, 15) is 18.3 Å². The van der Waals surface area contributed by atoms with Crippen LogP contribution in [0.3, 0.4) is 0 Å². The van der Waals surface area contributed by atoms with E-state index >= 15 is 0 Å². The first-order valence-corrected chi connectivity index (χ1v) is 14.8. The molecule has 0 saturated carbocycles. The van der Waals surface area contributed by atoms with E-state index in [4.69, 9.17) is 4.74 Å². The van der Waals surface area contributed by atoms with Crippen molar-refractivity contribution in [2.75, 3.05) is 23.1 Å². The lowest BCUT2D eigenvalue weighted by Crippen LogP contribution is -2.44. The Hall–Kier alpha value is -4.71. The van der Waals surface area contributed by atoms with Gasteiger partial charge < -0.3 is 20.1 Å². The number of amides is 1. The molecule has 0 radical (unpaired) electrons. The third kappa shape index (κ3) is 7.28. The highest BCUT2D eigenvalue weighted by molar-refractivity contribution is 7.91. The van der Waals surface area contributed by atoms with Crippen LogP contribution in [0.4, 0.5) is 16.4 Å².